The summed E-state index contributed by atoms with van der Waals surface area (Å²) in [6.07, 6.45) is 3.29. The van der Waals surface area contributed by atoms with Gasteiger partial charge in [-0.3, -0.25) is 0 Å². The van der Waals surface area contributed by atoms with Gasteiger partial charge in [0, 0.05) is 15.6 Å². The van der Waals surface area contributed by atoms with Crippen LogP contribution in [0.2, 0.25) is 10.0 Å². The summed E-state index contributed by atoms with van der Waals surface area (Å²) in [6, 6.07) is 15.9. The molecule has 1 atom stereocenters. The largest absolute Gasteiger partial charge is 0.237 e. The van der Waals surface area contributed by atoms with E-state index in [9.17, 15) is 0 Å². The van der Waals surface area contributed by atoms with E-state index >= 15 is 0 Å². The van der Waals surface area contributed by atoms with E-state index in [-0.39, 0.29) is 5.41 Å². The molecule has 0 fully saturated rings. The van der Waals surface area contributed by atoms with Crippen molar-refractivity contribution in [3.8, 4) is 0 Å². The molecule has 5 heteroatoms. The first kappa shape index (κ1) is 17.0. The van der Waals surface area contributed by atoms with E-state index in [0.717, 1.165) is 11.1 Å². The van der Waals surface area contributed by atoms with E-state index < -0.39 is 5.54 Å². The summed E-state index contributed by atoms with van der Waals surface area (Å²) in [5, 5.41) is 5.70. The zero-order chi connectivity index (χ0) is 17.4. The number of benzene rings is 2. The molecule has 3 aromatic rings. The molecular weight excluding hydrogens is 341 g/mol. The van der Waals surface area contributed by atoms with Gasteiger partial charge in [-0.15, -0.1) is 0 Å². The molecule has 124 valence electrons. The molecule has 3 rings (SSSR count). The second-order valence-electron chi connectivity index (χ2n) is 6.79. The van der Waals surface area contributed by atoms with Crippen LogP contribution < -0.4 is 0 Å². The van der Waals surface area contributed by atoms with Crippen molar-refractivity contribution in [1.82, 2.24) is 14.8 Å². The molecule has 0 spiro atoms. The van der Waals surface area contributed by atoms with E-state index in [1.54, 1.807) is 18.7 Å². The van der Waals surface area contributed by atoms with Crippen LogP contribution in [-0.2, 0) is 5.54 Å². The van der Waals surface area contributed by atoms with E-state index in [1.807, 2.05) is 35.0 Å². The minimum absolute atomic E-state index is 0.237. The first-order valence-electron chi connectivity index (χ1n) is 7.73. The molecule has 0 bridgehead atoms. The smallest absolute Gasteiger partial charge is 0.137 e. The number of nitrogens with zero attached hydrogens (tertiary/aromatic N) is 3. The molecule has 1 unspecified atom stereocenters. The van der Waals surface area contributed by atoms with Crippen molar-refractivity contribution >= 4 is 23.2 Å². The van der Waals surface area contributed by atoms with Gasteiger partial charge in [0.25, 0.3) is 0 Å². The standard InChI is InChI=1S/C19H19Cl2N3/c1-18(2,3)19(24-13-22-12-23-24,14-7-5-4-6-8-14)16-10-9-15(20)11-17(16)21/h4-13H,1-3H3. The van der Waals surface area contributed by atoms with Crippen molar-refractivity contribution < 1.29 is 0 Å². The van der Waals surface area contributed by atoms with Crippen LogP contribution in [0.25, 0.3) is 0 Å². The Labute approximate surface area is 152 Å². The lowest BCUT2D eigenvalue weighted by molar-refractivity contribution is 0.171. The Kier molecular flexibility index (Phi) is 4.41. The first-order chi connectivity index (χ1) is 11.4. The highest BCUT2D eigenvalue weighted by molar-refractivity contribution is 6.35. The third-order valence-electron chi connectivity index (χ3n) is 4.36. The Bertz CT molecular complexity index is 824. The van der Waals surface area contributed by atoms with Crippen molar-refractivity contribution in [2.75, 3.05) is 0 Å². The lowest BCUT2D eigenvalue weighted by atomic mass is 9.65. The summed E-state index contributed by atoms with van der Waals surface area (Å²) < 4.78 is 1.89. The van der Waals surface area contributed by atoms with E-state index in [0.29, 0.717) is 10.0 Å². The van der Waals surface area contributed by atoms with Gasteiger partial charge in [0.05, 0.1) is 0 Å². The third-order valence-corrected chi connectivity index (χ3v) is 4.91. The molecule has 24 heavy (non-hydrogen) atoms. The fourth-order valence-corrected chi connectivity index (χ4v) is 3.98. The zero-order valence-electron chi connectivity index (χ0n) is 13.9. The predicted octanol–water partition coefficient (Wildman–Crippen LogP) is 5.42. The van der Waals surface area contributed by atoms with Gasteiger partial charge < -0.3 is 0 Å². The van der Waals surface area contributed by atoms with E-state index in [4.69, 9.17) is 23.2 Å². The Morgan fingerprint density at radius 2 is 1.67 bits per heavy atom. The van der Waals surface area contributed by atoms with Crippen LogP contribution in [0.1, 0.15) is 31.9 Å². The number of hydrogen-bond acceptors (Lipinski definition) is 2. The first-order valence-corrected chi connectivity index (χ1v) is 8.49. The summed E-state index contributed by atoms with van der Waals surface area (Å²) in [6.45, 7) is 6.52. The van der Waals surface area contributed by atoms with Gasteiger partial charge in [-0.2, -0.15) is 5.10 Å². The average molecular weight is 360 g/mol. The highest BCUT2D eigenvalue weighted by Gasteiger charge is 2.48. The van der Waals surface area contributed by atoms with Crippen LogP contribution in [0, 0.1) is 5.41 Å². The van der Waals surface area contributed by atoms with Crippen molar-refractivity contribution in [3.63, 3.8) is 0 Å². The Hall–Kier alpha value is -1.84. The van der Waals surface area contributed by atoms with Crippen LogP contribution in [0.3, 0.4) is 0 Å². The summed E-state index contributed by atoms with van der Waals surface area (Å²) in [7, 11) is 0. The second kappa shape index (κ2) is 6.23. The normalized spacial score (nSPS) is 14.4. The summed E-state index contributed by atoms with van der Waals surface area (Å²) in [5.41, 5.74) is 1.18. The molecule has 2 aromatic carbocycles. The average Bonchev–Trinajstić information content (AvgIpc) is 3.04. The highest BCUT2D eigenvalue weighted by atomic mass is 35.5. The fourth-order valence-electron chi connectivity index (χ4n) is 3.44. The topological polar surface area (TPSA) is 30.7 Å². The van der Waals surface area contributed by atoms with Gasteiger partial charge in [0.15, 0.2) is 0 Å². The molecule has 1 aromatic heterocycles. The van der Waals surface area contributed by atoms with Crippen LogP contribution in [0.4, 0.5) is 0 Å². The molecule has 0 saturated heterocycles. The molecule has 0 saturated carbocycles. The quantitative estimate of drug-likeness (QED) is 0.624. The Morgan fingerprint density at radius 1 is 0.958 bits per heavy atom. The van der Waals surface area contributed by atoms with Crippen molar-refractivity contribution in [3.05, 3.63) is 82.4 Å². The monoisotopic (exact) mass is 359 g/mol. The molecule has 0 amide bonds. The van der Waals surface area contributed by atoms with Gasteiger partial charge >= 0.3 is 0 Å². The molecule has 0 aliphatic rings. The molecule has 0 aliphatic carbocycles. The lowest BCUT2D eigenvalue weighted by Crippen LogP contribution is -2.48. The zero-order valence-corrected chi connectivity index (χ0v) is 15.4. The second-order valence-corrected chi connectivity index (χ2v) is 7.63. The predicted molar refractivity (Wildman–Crippen MR) is 98.6 cm³/mol. The fraction of sp³-hybridized carbons (Fsp3) is 0.263. The van der Waals surface area contributed by atoms with E-state index in [1.165, 1.54) is 0 Å². The molecule has 0 aliphatic heterocycles. The van der Waals surface area contributed by atoms with Gasteiger partial charge in [-0.25, -0.2) is 9.67 Å². The molecule has 0 radical (unpaired) electrons. The lowest BCUT2D eigenvalue weighted by Gasteiger charge is -2.46. The summed E-state index contributed by atoms with van der Waals surface area (Å²) >= 11 is 12.8. The Balaban J connectivity index is 2.44. The third kappa shape index (κ3) is 2.62. The van der Waals surface area contributed by atoms with Crippen LogP contribution >= 0.6 is 23.2 Å². The number of rotatable bonds is 3. The molecular formula is C19H19Cl2N3. The Morgan fingerprint density at radius 3 is 2.21 bits per heavy atom. The van der Waals surface area contributed by atoms with Gasteiger partial charge in [-0.1, -0.05) is 80.4 Å². The number of hydrogen-bond donors (Lipinski definition) is 0. The van der Waals surface area contributed by atoms with Crippen molar-refractivity contribution in [2.24, 2.45) is 5.41 Å². The summed E-state index contributed by atoms with van der Waals surface area (Å²) in [4.78, 5) is 4.18. The summed E-state index contributed by atoms with van der Waals surface area (Å²) in [5.74, 6) is 0. The number of aromatic nitrogens is 3. The van der Waals surface area contributed by atoms with E-state index in [2.05, 4.69) is 43.0 Å². The van der Waals surface area contributed by atoms with Crippen molar-refractivity contribution in [1.29, 1.82) is 0 Å². The SMILES string of the molecule is CC(C)(C)C(c1ccccc1)(c1ccc(Cl)cc1Cl)n1cncn1. The highest BCUT2D eigenvalue weighted by Crippen LogP contribution is 2.49. The maximum atomic E-state index is 6.64. The maximum Gasteiger partial charge on any atom is 0.137 e. The maximum absolute atomic E-state index is 6.64. The van der Waals surface area contributed by atoms with Gasteiger partial charge in [0.2, 0.25) is 0 Å². The number of halogens is 2. The van der Waals surface area contributed by atoms with Crippen molar-refractivity contribution in [2.45, 2.75) is 26.3 Å². The molecule has 1 heterocycles. The van der Waals surface area contributed by atoms with Gasteiger partial charge in [0.1, 0.15) is 18.2 Å². The molecule has 0 N–H and O–H groups in total. The van der Waals surface area contributed by atoms with Crippen LogP contribution in [-0.4, -0.2) is 14.8 Å². The van der Waals surface area contributed by atoms with Gasteiger partial charge in [-0.05, 0) is 23.1 Å². The molecule has 3 nitrogen and oxygen atoms in total. The minimum atomic E-state index is -0.619. The minimum Gasteiger partial charge on any atom is -0.237 e. The van der Waals surface area contributed by atoms with Crippen LogP contribution in [0.15, 0.2) is 61.2 Å². The van der Waals surface area contributed by atoms with Crippen LogP contribution in [0.5, 0.6) is 0 Å².